The van der Waals surface area contributed by atoms with Crippen molar-refractivity contribution in [2.24, 2.45) is 5.73 Å². The van der Waals surface area contributed by atoms with Crippen LogP contribution in [0.3, 0.4) is 0 Å². The van der Waals surface area contributed by atoms with E-state index in [0.717, 1.165) is 6.07 Å². The zero-order valence-corrected chi connectivity index (χ0v) is 7.38. The summed E-state index contributed by atoms with van der Waals surface area (Å²) in [7, 11) is 1.38. The van der Waals surface area contributed by atoms with E-state index >= 15 is 0 Å². The molecule has 0 saturated heterocycles. The lowest BCUT2D eigenvalue weighted by Gasteiger charge is -2.07. The molecule has 0 fully saturated rings. The molecule has 0 spiro atoms. The predicted molar refractivity (Wildman–Crippen MR) is 47.4 cm³/mol. The molecule has 4 heteroatoms. The van der Waals surface area contributed by atoms with Crippen LogP contribution in [-0.2, 0) is 6.42 Å². The third-order valence-corrected chi connectivity index (χ3v) is 1.77. The van der Waals surface area contributed by atoms with Gasteiger partial charge in [0, 0.05) is 6.07 Å². The zero-order valence-electron chi connectivity index (χ0n) is 7.38. The monoisotopic (exact) mass is 185 g/mol. The third kappa shape index (κ3) is 2.09. The number of nitrogens with two attached hydrogens (primary N) is 1. The fourth-order valence-electron chi connectivity index (χ4n) is 1.10. The van der Waals surface area contributed by atoms with E-state index in [9.17, 15) is 9.50 Å². The van der Waals surface area contributed by atoms with Crippen LogP contribution in [0, 0.1) is 5.82 Å². The van der Waals surface area contributed by atoms with Crippen LogP contribution in [0.15, 0.2) is 12.1 Å². The summed E-state index contributed by atoms with van der Waals surface area (Å²) >= 11 is 0. The number of phenols is 1. The van der Waals surface area contributed by atoms with Gasteiger partial charge in [-0.15, -0.1) is 0 Å². The second-order valence-corrected chi connectivity index (χ2v) is 2.65. The number of phenolic OH excluding ortho intramolecular Hbond substituents is 1. The predicted octanol–water partition coefficient (Wildman–Crippen LogP) is 1.04. The van der Waals surface area contributed by atoms with Crippen molar-refractivity contribution >= 4 is 0 Å². The molecule has 0 radical (unpaired) electrons. The van der Waals surface area contributed by atoms with E-state index < -0.39 is 5.82 Å². The van der Waals surface area contributed by atoms with Gasteiger partial charge >= 0.3 is 0 Å². The normalized spacial score (nSPS) is 10.1. The smallest absolute Gasteiger partial charge is 0.168 e. The van der Waals surface area contributed by atoms with Gasteiger partial charge in [0.1, 0.15) is 5.75 Å². The topological polar surface area (TPSA) is 55.5 Å². The minimum absolute atomic E-state index is 0.0799. The molecule has 13 heavy (non-hydrogen) atoms. The number of ether oxygens (including phenoxy) is 1. The van der Waals surface area contributed by atoms with Crippen molar-refractivity contribution in [3.8, 4) is 11.5 Å². The van der Waals surface area contributed by atoms with Gasteiger partial charge < -0.3 is 15.6 Å². The highest BCUT2D eigenvalue weighted by Crippen LogP contribution is 2.26. The molecule has 0 heterocycles. The molecule has 1 rings (SSSR count). The number of halogens is 1. The van der Waals surface area contributed by atoms with Gasteiger partial charge in [-0.3, -0.25) is 0 Å². The minimum atomic E-state index is -0.569. The summed E-state index contributed by atoms with van der Waals surface area (Å²) in [6.07, 6.45) is 0.502. The number of hydrogen-bond acceptors (Lipinski definition) is 3. The average molecular weight is 185 g/mol. The van der Waals surface area contributed by atoms with Crippen molar-refractivity contribution in [2.75, 3.05) is 13.7 Å². The molecular formula is C9H12FNO2. The third-order valence-electron chi connectivity index (χ3n) is 1.77. The Bertz CT molecular complexity index is 302. The molecule has 0 amide bonds. The Hall–Kier alpha value is -1.29. The first kappa shape index (κ1) is 9.80. The Balaban J connectivity index is 3.06. The van der Waals surface area contributed by atoms with E-state index in [0.29, 0.717) is 18.5 Å². The summed E-state index contributed by atoms with van der Waals surface area (Å²) < 4.78 is 17.7. The Morgan fingerprint density at radius 1 is 1.54 bits per heavy atom. The first-order chi connectivity index (χ1) is 6.19. The number of rotatable bonds is 3. The highest BCUT2D eigenvalue weighted by Gasteiger charge is 2.08. The number of benzene rings is 1. The highest BCUT2D eigenvalue weighted by atomic mass is 19.1. The van der Waals surface area contributed by atoms with Gasteiger partial charge in [0.2, 0.25) is 0 Å². The lowest BCUT2D eigenvalue weighted by molar-refractivity contribution is 0.381. The molecular weight excluding hydrogens is 173 g/mol. The largest absolute Gasteiger partial charge is 0.508 e. The maximum Gasteiger partial charge on any atom is 0.168 e. The van der Waals surface area contributed by atoms with Gasteiger partial charge in [-0.1, -0.05) is 0 Å². The summed E-state index contributed by atoms with van der Waals surface area (Å²) in [6, 6.07) is 2.49. The van der Waals surface area contributed by atoms with Gasteiger partial charge in [0.25, 0.3) is 0 Å². The molecule has 1 aromatic carbocycles. The summed E-state index contributed by atoms with van der Waals surface area (Å²) in [4.78, 5) is 0. The van der Waals surface area contributed by atoms with Crippen molar-refractivity contribution in [2.45, 2.75) is 6.42 Å². The fourth-order valence-corrected chi connectivity index (χ4v) is 1.10. The van der Waals surface area contributed by atoms with Crippen LogP contribution < -0.4 is 10.5 Å². The van der Waals surface area contributed by atoms with E-state index in [1.54, 1.807) is 0 Å². The van der Waals surface area contributed by atoms with Crippen LogP contribution in [0.5, 0.6) is 11.5 Å². The number of methoxy groups -OCH3 is 1. The Morgan fingerprint density at radius 2 is 2.23 bits per heavy atom. The molecule has 3 N–H and O–H groups in total. The molecule has 0 atom stereocenters. The van der Waals surface area contributed by atoms with E-state index in [-0.39, 0.29) is 11.5 Å². The quantitative estimate of drug-likeness (QED) is 0.739. The van der Waals surface area contributed by atoms with Crippen LogP contribution in [-0.4, -0.2) is 18.8 Å². The number of aromatic hydroxyl groups is 1. The van der Waals surface area contributed by atoms with Gasteiger partial charge in [0.05, 0.1) is 7.11 Å². The van der Waals surface area contributed by atoms with Crippen molar-refractivity contribution in [3.05, 3.63) is 23.5 Å². The zero-order chi connectivity index (χ0) is 9.84. The van der Waals surface area contributed by atoms with E-state index in [4.69, 9.17) is 10.5 Å². The van der Waals surface area contributed by atoms with Crippen LogP contribution in [0.2, 0.25) is 0 Å². The van der Waals surface area contributed by atoms with Crippen LogP contribution in [0.4, 0.5) is 4.39 Å². The van der Waals surface area contributed by atoms with Crippen molar-refractivity contribution < 1.29 is 14.2 Å². The Kier molecular flexibility index (Phi) is 3.08. The fraction of sp³-hybridized carbons (Fsp3) is 0.333. The van der Waals surface area contributed by atoms with Crippen LogP contribution in [0.1, 0.15) is 5.56 Å². The van der Waals surface area contributed by atoms with Crippen LogP contribution >= 0.6 is 0 Å². The van der Waals surface area contributed by atoms with Gasteiger partial charge in [0.15, 0.2) is 11.6 Å². The average Bonchev–Trinajstić information content (AvgIpc) is 2.10. The molecule has 0 aliphatic heterocycles. The molecule has 0 unspecified atom stereocenters. The second-order valence-electron chi connectivity index (χ2n) is 2.65. The van der Waals surface area contributed by atoms with E-state index in [1.807, 2.05) is 0 Å². The Labute approximate surface area is 75.9 Å². The van der Waals surface area contributed by atoms with E-state index in [1.165, 1.54) is 13.2 Å². The summed E-state index contributed by atoms with van der Waals surface area (Å²) in [6.45, 7) is 0.405. The van der Waals surface area contributed by atoms with Crippen molar-refractivity contribution in [1.82, 2.24) is 0 Å². The number of hydrogen-bond donors (Lipinski definition) is 2. The SMILES string of the molecule is COc1cc(CCN)c(O)cc1F. The van der Waals surface area contributed by atoms with Crippen molar-refractivity contribution in [1.29, 1.82) is 0 Å². The lowest BCUT2D eigenvalue weighted by Crippen LogP contribution is -2.03. The molecule has 0 saturated carbocycles. The summed E-state index contributed by atoms with van der Waals surface area (Å²) in [5.41, 5.74) is 5.91. The lowest BCUT2D eigenvalue weighted by atomic mass is 10.1. The maximum atomic E-state index is 13.0. The minimum Gasteiger partial charge on any atom is -0.508 e. The summed E-state index contributed by atoms with van der Waals surface area (Å²) in [5, 5.41) is 9.29. The van der Waals surface area contributed by atoms with Crippen molar-refractivity contribution in [3.63, 3.8) is 0 Å². The van der Waals surface area contributed by atoms with Crippen LogP contribution in [0.25, 0.3) is 0 Å². The van der Waals surface area contributed by atoms with Gasteiger partial charge in [-0.2, -0.15) is 0 Å². The Morgan fingerprint density at radius 3 is 2.77 bits per heavy atom. The first-order valence-electron chi connectivity index (χ1n) is 3.94. The molecule has 0 bridgehead atoms. The summed E-state index contributed by atoms with van der Waals surface area (Å²) in [5.74, 6) is -0.522. The van der Waals surface area contributed by atoms with Gasteiger partial charge in [-0.25, -0.2) is 4.39 Å². The standard InChI is InChI=1S/C9H12FNO2/c1-13-9-4-6(2-3-11)8(12)5-7(9)10/h4-5,12H,2-3,11H2,1H3. The molecule has 0 aromatic heterocycles. The molecule has 1 aromatic rings. The highest BCUT2D eigenvalue weighted by molar-refractivity contribution is 5.40. The maximum absolute atomic E-state index is 13.0. The molecule has 0 aliphatic rings. The molecule has 72 valence electrons. The van der Waals surface area contributed by atoms with E-state index in [2.05, 4.69) is 0 Å². The second kappa shape index (κ2) is 4.09. The first-order valence-corrected chi connectivity index (χ1v) is 3.94. The molecule has 3 nitrogen and oxygen atoms in total. The van der Waals surface area contributed by atoms with Gasteiger partial charge in [-0.05, 0) is 24.6 Å². The molecule has 0 aliphatic carbocycles.